The summed E-state index contributed by atoms with van der Waals surface area (Å²) in [5.74, 6) is 0.117. The molecule has 1 aromatic rings. The van der Waals surface area contributed by atoms with E-state index in [4.69, 9.17) is 9.47 Å². The summed E-state index contributed by atoms with van der Waals surface area (Å²) in [5.41, 5.74) is 2.37. The lowest BCUT2D eigenvalue weighted by atomic mass is 10.0. The number of aliphatic imine (C=N–C) groups is 1. The van der Waals surface area contributed by atoms with E-state index in [0.717, 1.165) is 63.4 Å². The number of carbonyl (C=O) groups excluding carboxylic acids is 2. The number of esters is 2. The Morgan fingerprint density at radius 2 is 0.911 bits per heavy atom. The van der Waals surface area contributed by atoms with Crippen LogP contribution in [-0.2, 0) is 25.5 Å². The summed E-state index contributed by atoms with van der Waals surface area (Å²) in [6.45, 7) is 9.87. The molecule has 0 heterocycles. The van der Waals surface area contributed by atoms with Crippen molar-refractivity contribution in [3.63, 3.8) is 0 Å². The first kappa shape index (κ1) is 51.3. The number of carbonyl (C=O) groups is 2. The van der Waals surface area contributed by atoms with Crippen LogP contribution < -0.4 is 0 Å². The van der Waals surface area contributed by atoms with Gasteiger partial charge in [0.05, 0.1) is 13.2 Å². The predicted molar refractivity (Wildman–Crippen MR) is 242 cm³/mol. The van der Waals surface area contributed by atoms with Gasteiger partial charge >= 0.3 is 11.9 Å². The van der Waals surface area contributed by atoms with Gasteiger partial charge in [0.1, 0.15) is 0 Å². The summed E-state index contributed by atoms with van der Waals surface area (Å²) in [7, 11) is 0. The van der Waals surface area contributed by atoms with Crippen LogP contribution in [0.25, 0.3) is 0 Å². The number of benzene rings is 1. The second-order valence-corrected chi connectivity index (χ2v) is 16.7. The average Bonchev–Trinajstić information content (AvgIpc) is 3.19. The summed E-state index contributed by atoms with van der Waals surface area (Å²) in [6, 6.07) is 8.51. The molecule has 0 atom stereocenters. The van der Waals surface area contributed by atoms with Crippen LogP contribution in [0.2, 0.25) is 0 Å². The van der Waals surface area contributed by atoms with Crippen molar-refractivity contribution in [1.82, 2.24) is 0 Å². The molecule has 320 valence electrons. The molecule has 0 aromatic heterocycles. The molecular formula is C51H87NO4. The van der Waals surface area contributed by atoms with E-state index in [1.807, 2.05) is 6.21 Å². The molecule has 0 aliphatic carbocycles. The van der Waals surface area contributed by atoms with Crippen molar-refractivity contribution in [3.8, 4) is 0 Å². The van der Waals surface area contributed by atoms with Crippen LogP contribution in [-0.4, -0.2) is 37.9 Å². The van der Waals surface area contributed by atoms with Crippen molar-refractivity contribution in [2.24, 2.45) is 16.8 Å². The lowest BCUT2D eigenvalue weighted by molar-refractivity contribution is -0.148. The first-order valence-electron chi connectivity index (χ1n) is 23.6. The molecule has 0 spiro atoms. The molecule has 0 radical (unpaired) electrons. The topological polar surface area (TPSA) is 65.0 Å². The second kappa shape index (κ2) is 39.2. The molecule has 1 aromatic carbocycles. The Labute approximate surface area is 346 Å². The molecule has 56 heavy (non-hydrogen) atoms. The zero-order valence-electron chi connectivity index (χ0n) is 37.1. The van der Waals surface area contributed by atoms with Crippen LogP contribution >= 0.6 is 0 Å². The van der Waals surface area contributed by atoms with Crippen LogP contribution in [0.3, 0.4) is 0 Å². The van der Waals surface area contributed by atoms with Gasteiger partial charge in [0.15, 0.2) is 0 Å². The lowest BCUT2D eigenvalue weighted by Crippen LogP contribution is -2.23. The zero-order valence-corrected chi connectivity index (χ0v) is 37.1. The van der Waals surface area contributed by atoms with Gasteiger partial charge < -0.3 is 9.47 Å². The normalized spacial score (nSPS) is 12.4. The van der Waals surface area contributed by atoms with Gasteiger partial charge in [-0.2, -0.15) is 0 Å². The van der Waals surface area contributed by atoms with E-state index in [9.17, 15) is 9.59 Å². The Balaban J connectivity index is 2.32. The molecule has 0 amide bonds. The number of allylic oxidation sites excluding steroid dienone is 4. The summed E-state index contributed by atoms with van der Waals surface area (Å²) >= 11 is 0. The van der Waals surface area contributed by atoms with Crippen molar-refractivity contribution in [1.29, 1.82) is 0 Å². The maximum atomic E-state index is 12.6. The maximum Gasteiger partial charge on any atom is 0.305 e. The summed E-state index contributed by atoms with van der Waals surface area (Å²) in [4.78, 5) is 29.9. The van der Waals surface area contributed by atoms with E-state index < -0.39 is 0 Å². The number of nitrogens with zero attached hydrogens (tertiary/aromatic N) is 1. The Hall–Kier alpha value is -2.69. The number of unbranched alkanes of at least 4 members (excludes halogenated alkanes) is 22. The third-order valence-corrected chi connectivity index (χ3v) is 10.5. The van der Waals surface area contributed by atoms with Gasteiger partial charge in [-0.1, -0.05) is 179 Å². The van der Waals surface area contributed by atoms with Crippen LogP contribution in [0.4, 0.5) is 0 Å². The molecule has 5 nitrogen and oxygen atoms in total. The number of ether oxygens (including phenoxy) is 2. The summed E-state index contributed by atoms with van der Waals surface area (Å²) < 4.78 is 11.4. The Morgan fingerprint density at radius 1 is 0.536 bits per heavy atom. The van der Waals surface area contributed by atoms with Gasteiger partial charge in [-0.25, -0.2) is 0 Å². The summed E-state index contributed by atoms with van der Waals surface area (Å²) in [5, 5.41) is 0. The van der Waals surface area contributed by atoms with Crippen molar-refractivity contribution in [2.45, 2.75) is 214 Å². The minimum atomic E-state index is -0.169. The first-order chi connectivity index (χ1) is 27.4. The van der Waals surface area contributed by atoms with Gasteiger partial charge in [-0.05, 0) is 87.7 Å². The standard InChI is InChI=1S/C51H87NO4/c1-5-7-9-11-13-15-17-19-21-23-25-27-29-31-33-35-50(53)55-44-49(43-52-42-48-39-37-47(38-40-48)41-46(3)4)45-56-51(54)36-34-32-30-28-26-24-22-20-18-16-14-12-10-8-6-2/h19-22,37-40,42,46,49H,5-18,23-36,41,43-45H2,1-4H3. The van der Waals surface area contributed by atoms with E-state index in [1.165, 1.54) is 121 Å². The van der Waals surface area contributed by atoms with Crippen LogP contribution in [0, 0.1) is 11.8 Å². The van der Waals surface area contributed by atoms with E-state index in [1.54, 1.807) is 0 Å². The lowest BCUT2D eigenvalue weighted by Gasteiger charge is -2.15. The highest BCUT2D eigenvalue weighted by atomic mass is 16.5. The van der Waals surface area contributed by atoms with Crippen molar-refractivity contribution >= 4 is 18.2 Å². The predicted octanol–water partition coefficient (Wildman–Crippen LogP) is 15.1. The highest BCUT2D eigenvalue weighted by Gasteiger charge is 2.15. The fourth-order valence-corrected chi connectivity index (χ4v) is 6.92. The fraction of sp³-hybridized carbons (Fsp3) is 0.745. The molecule has 0 bridgehead atoms. The highest BCUT2D eigenvalue weighted by Crippen LogP contribution is 2.14. The summed E-state index contributed by atoms with van der Waals surface area (Å²) in [6.07, 6.45) is 45.2. The number of rotatable bonds is 39. The quantitative estimate of drug-likeness (QED) is 0.0289. The van der Waals surface area contributed by atoms with Gasteiger partial charge in [-0.3, -0.25) is 14.6 Å². The van der Waals surface area contributed by atoms with E-state index in [2.05, 4.69) is 81.3 Å². The SMILES string of the molecule is CCCCCCCCC=CCCCCCCCC(=O)OCC(CN=Cc1ccc(CC(C)C)cc1)COC(=O)CCCCCCCC=CCCCCCCCC. The Kier molecular flexibility index (Phi) is 35.9. The molecule has 0 saturated heterocycles. The van der Waals surface area contributed by atoms with Crippen LogP contribution in [0.1, 0.15) is 219 Å². The van der Waals surface area contributed by atoms with Gasteiger partial charge in [-0.15, -0.1) is 0 Å². The molecule has 1 rings (SSSR count). The number of hydrogen-bond donors (Lipinski definition) is 0. The van der Waals surface area contributed by atoms with E-state index in [-0.39, 0.29) is 31.1 Å². The molecule has 0 aliphatic heterocycles. The highest BCUT2D eigenvalue weighted by molar-refractivity contribution is 5.79. The fourth-order valence-electron chi connectivity index (χ4n) is 6.92. The molecule has 5 heteroatoms. The van der Waals surface area contributed by atoms with Crippen molar-refractivity contribution in [2.75, 3.05) is 19.8 Å². The van der Waals surface area contributed by atoms with Crippen LogP contribution in [0.5, 0.6) is 0 Å². The van der Waals surface area contributed by atoms with Crippen LogP contribution in [0.15, 0.2) is 53.6 Å². The third-order valence-electron chi connectivity index (χ3n) is 10.5. The third kappa shape index (κ3) is 34.5. The zero-order chi connectivity index (χ0) is 40.6. The minimum Gasteiger partial charge on any atom is -0.465 e. The first-order valence-corrected chi connectivity index (χ1v) is 23.6. The average molecular weight is 778 g/mol. The molecular weight excluding hydrogens is 691 g/mol. The largest absolute Gasteiger partial charge is 0.465 e. The Bertz CT molecular complexity index is 1070. The maximum absolute atomic E-state index is 12.6. The molecule has 0 N–H and O–H groups in total. The minimum absolute atomic E-state index is 0.164. The molecule has 0 unspecified atom stereocenters. The van der Waals surface area contributed by atoms with E-state index >= 15 is 0 Å². The van der Waals surface area contributed by atoms with Gasteiger partial charge in [0, 0.05) is 31.5 Å². The molecule has 0 aliphatic rings. The van der Waals surface area contributed by atoms with Crippen molar-refractivity contribution in [3.05, 3.63) is 59.7 Å². The van der Waals surface area contributed by atoms with Crippen molar-refractivity contribution < 1.29 is 19.1 Å². The molecule has 0 saturated carbocycles. The monoisotopic (exact) mass is 778 g/mol. The van der Waals surface area contributed by atoms with Gasteiger partial charge in [0.25, 0.3) is 0 Å². The molecule has 0 fully saturated rings. The second-order valence-electron chi connectivity index (χ2n) is 16.7. The van der Waals surface area contributed by atoms with Gasteiger partial charge in [0.2, 0.25) is 0 Å². The Morgan fingerprint density at radius 3 is 1.30 bits per heavy atom. The van der Waals surface area contributed by atoms with E-state index in [0.29, 0.717) is 25.3 Å². The number of hydrogen-bond acceptors (Lipinski definition) is 5. The smallest absolute Gasteiger partial charge is 0.305 e.